The third-order valence-electron chi connectivity index (χ3n) is 5.06. The van der Waals surface area contributed by atoms with Crippen molar-refractivity contribution >= 4 is 35.0 Å². The van der Waals surface area contributed by atoms with E-state index in [0.29, 0.717) is 18.1 Å². The topological polar surface area (TPSA) is 68.7 Å². The average Bonchev–Trinajstić information content (AvgIpc) is 2.71. The lowest BCUT2D eigenvalue weighted by Crippen LogP contribution is -2.49. The summed E-state index contributed by atoms with van der Waals surface area (Å²) >= 11 is 5.92. The number of likely N-dealkylation sites (N-methyl/N-ethyl adjacent to an activating group) is 1. The molecule has 0 aliphatic carbocycles. The van der Waals surface area contributed by atoms with Crippen LogP contribution >= 0.6 is 11.6 Å². The van der Waals surface area contributed by atoms with E-state index < -0.39 is 0 Å². The molecule has 4 rings (SSSR count). The van der Waals surface area contributed by atoms with Crippen LogP contribution in [0.3, 0.4) is 0 Å². The fourth-order valence-electron chi connectivity index (χ4n) is 3.36. The number of carbonyl (C=O) groups is 1. The van der Waals surface area contributed by atoms with Crippen molar-refractivity contribution < 1.29 is 4.79 Å². The number of aromatic nitrogens is 3. The van der Waals surface area contributed by atoms with Crippen molar-refractivity contribution in [3.8, 4) is 0 Å². The standard InChI is InChI=1S/C18H22ClN7O/c1-23-4-5-26(12-18(23)27)17-10-16(21-13-22-17)25-8-6-24(7-9-25)15-3-2-14(19)11-20-15/h2-3,10-11,13H,4-9,12H2,1H3. The monoisotopic (exact) mass is 387 g/mol. The number of halogens is 1. The van der Waals surface area contributed by atoms with Crippen LogP contribution in [0.4, 0.5) is 17.5 Å². The van der Waals surface area contributed by atoms with Crippen molar-refractivity contribution in [3.05, 3.63) is 35.7 Å². The number of nitrogens with zero attached hydrogens (tertiary/aromatic N) is 7. The second-order valence-electron chi connectivity index (χ2n) is 6.78. The van der Waals surface area contributed by atoms with E-state index in [9.17, 15) is 4.79 Å². The Bertz CT molecular complexity index is 808. The number of piperazine rings is 2. The molecule has 2 aromatic heterocycles. The second kappa shape index (κ2) is 7.56. The first kappa shape index (κ1) is 17.8. The molecule has 0 saturated carbocycles. The van der Waals surface area contributed by atoms with Gasteiger partial charge in [-0.3, -0.25) is 4.79 Å². The Morgan fingerprint density at radius 1 is 0.852 bits per heavy atom. The van der Waals surface area contributed by atoms with Gasteiger partial charge in [-0.1, -0.05) is 11.6 Å². The number of hydrogen-bond donors (Lipinski definition) is 0. The van der Waals surface area contributed by atoms with Crippen LogP contribution < -0.4 is 14.7 Å². The molecule has 2 aromatic rings. The molecule has 1 amide bonds. The van der Waals surface area contributed by atoms with Crippen molar-refractivity contribution in [2.75, 3.05) is 67.6 Å². The van der Waals surface area contributed by atoms with E-state index in [1.165, 1.54) is 0 Å². The van der Waals surface area contributed by atoms with Crippen molar-refractivity contribution in [2.24, 2.45) is 0 Å². The summed E-state index contributed by atoms with van der Waals surface area (Å²) in [5.41, 5.74) is 0. The molecule has 0 radical (unpaired) electrons. The van der Waals surface area contributed by atoms with E-state index in [0.717, 1.165) is 50.2 Å². The summed E-state index contributed by atoms with van der Waals surface area (Å²) in [4.78, 5) is 33.4. The minimum Gasteiger partial charge on any atom is -0.353 e. The third kappa shape index (κ3) is 3.90. The maximum absolute atomic E-state index is 12.0. The molecule has 4 heterocycles. The lowest BCUT2D eigenvalue weighted by molar-refractivity contribution is -0.129. The summed E-state index contributed by atoms with van der Waals surface area (Å²) < 4.78 is 0. The summed E-state index contributed by atoms with van der Waals surface area (Å²) in [6.07, 6.45) is 3.26. The Morgan fingerprint density at radius 2 is 1.48 bits per heavy atom. The average molecular weight is 388 g/mol. The van der Waals surface area contributed by atoms with E-state index >= 15 is 0 Å². The van der Waals surface area contributed by atoms with Gasteiger partial charge in [0.05, 0.1) is 11.6 Å². The van der Waals surface area contributed by atoms with E-state index in [-0.39, 0.29) is 5.91 Å². The van der Waals surface area contributed by atoms with Crippen molar-refractivity contribution in [3.63, 3.8) is 0 Å². The van der Waals surface area contributed by atoms with Gasteiger partial charge in [0.2, 0.25) is 5.91 Å². The molecular weight excluding hydrogens is 366 g/mol. The van der Waals surface area contributed by atoms with Crippen LogP contribution in [0.1, 0.15) is 0 Å². The first-order valence-electron chi connectivity index (χ1n) is 9.02. The fraction of sp³-hybridized carbons (Fsp3) is 0.444. The number of amides is 1. The number of carbonyl (C=O) groups excluding carboxylic acids is 1. The summed E-state index contributed by atoms with van der Waals surface area (Å²) in [5.74, 6) is 2.77. The Kier molecular flexibility index (Phi) is 4.98. The quantitative estimate of drug-likeness (QED) is 0.781. The fourth-order valence-corrected chi connectivity index (χ4v) is 3.47. The summed E-state index contributed by atoms with van der Waals surface area (Å²) in [5, 5.41) is 0.647. The van der Waals surface area contributed by atoms with Crippen LogP contribution in [-0.2, 0) is 4.79 Å². The van der Waals surface area contributed by atoms with Crippen molar-refractivity contribution in [2.45, 2.75) is 0 Å². The number of anilines is 3. The van der Waals surface area contributed by atoms with Crippen LogP contribution in [0.25, 0.3) is 0 Å². The molecule has 8 nitrogen and oxygen atoms in total. The molecule has 0 aromatic carbocycles. The second-order valence-corrected chi connectivity index (χ2v) is 7.22. The van der Waals surface area contributed by atoms with Crippen LogP contribution in [0.2, 0.25) is 5.02 Å². The van der Waals surface area contributed by atoms with Crippen LogP contribution in [0.15, 0.2) is 30.7 Å². The van der Waals surface area contributed by atoms with E-state index in [2.05, 4.69) is 24.8 Å². The van der Waals surface area contributed by atoms with Gasteiger partial charge in [0.1, 0.15) is 23.8 Å². The molecule has 2 aliphatic rings. The van der Waals surface area contributed by atoms with Gasteiger partial charge in [0, 0.05) is 58.6 Å². The number of rotatable bonds is 3. The van der Waals surface area contributed by atoms with Gasteiger partial charge in [-0.15, -0.1) is 0 Å². The van der Waals surface area contributed by atoms with Gasteiger partial charge in [0.15, 0.2) is 0 Å². The number of hydrogen-bond acceptors (Lipinski definition) is 7. The molecule has 0 N–H and O–H groups in total. The Hall–Kier alpha value is -2.61. The highest BCUT2D eigenvalue weighted by Crippen LogP contribution is 2.22. The maximum atomic E-state index is 12.0. The lowest BCUT2D eigenvalue weighted by atomic mass is 10.3. The van der Waals surface area contributed by atoms with E-state index in [1.54, 1.807) is 17.4 Å². The zero-order valence-electron chi connectivity index (χ0n) is 15.3. The summed E-state index contributed by atoms with van der Waals surface area (Å²) in [6.45, 7) is 5.29. The molecular formula is C18H22ClN7O. The molecule has 27 heavy (non-hydrogen) atoms. The Labute approximate surface area is 163 Å². The van der Waals surface area contributed by atoms with Gasteiger partial charge in [0.25, 0.3) is 0 Å². The highest BCUT2D eigenvalue weighted by atomic mass is 35.5. The SMILES string of the molecule is CN1CCN(c2cc(N3CCN(c4ccc(Cl)cn4)CC3)ncn2)CC1=O. The van der Waals surface area contributed by atoms with Crippen molar-refractivity contribution in [1.29, 1.82) is 0 Å². The van der Waals surface area contributed by atoms with Crippen LogP contribution in [0.5, 0.6) is 0 Å². The molecule has 2 aliphatic heterocycles. The largest absolute Gasteiger partial charge is 0.353 e. The minimum absolute atomic E-state index is 0.116. The first-order chi connectivity index (χ1) is 13.1. The van der Waals surface area contributed by atoms with E-state index in [4.69, 9.17) is 11.6 Å². The normalized spacial score (nSPS) is 18.2. The molecule has 0 bridgehead atoms. The van der Waals surface area contributed by atoms with Gasteiger partial charge in [-0.2, -0.15) is 0 Å². The summed E-state index contributed by atoms with van der Waals surface area (Å²) in [6, 6.07) is 5.80. The van der Waals surface area contributed by atoms with Crippen molar-refractivity contribution in [1.82, 2.24) is 19.9 Å². The number of pyridine rings is 1. The molecule has 0 atom stereocenters. The molecule has 2 saturated heterocycles. The molecule has 0 spiro atoms. The third-order valence-corrected chi connectivity index (χ3v) is 5.28. The molecule has 9 heteroatoms. The van der Waals surface area contributed by atoms with Gasteiger partial charge >= 0.3 is 0 Å². The van der Waals surface area contributed by atoms with Crippen LogP contribution in [0, 0.1) is 0 Å². The first-order valence-corrected chi connectivity index (χ1v) is 9.40. The molecule has 2 fully saturated rings. The Morgan fingerprint density at radius 3 is 2.11 bits per heavy atom. The highest BCUT2D eigenvalue weighted by Gasteiger charge is 2.24. The summed E-state index contributed by atoms with van der Waals surface area (Å²) in [7, 11) is 1.83. The van der Waals surface area contributed by atoms with Gasteiger partial charge in [-0.05, 0) is 12.1 Å². The zero-order chi connectivity index (χ0) is 18.8. The smallest absolute Gasteiger partial charge is 0.241 e. The minimum atomic E-state index is 0.116. The van der Waals surface area contributed by atoms with Gasteiger partial charge in [-0.25, -0.2) is 15.0 Å². The molecule has 0 unspecified atom stereocenters. The van der Waals surface area contributed by atoms with Crippen LogP contribution in [-0.4, -0.2) is 78.6 Å². The predicted octanol–water partition coefficient (Wildman–Crippen LogP) is 1.13. The van der Waals surface area contributed by atoms with Gasteiger partial charge < -0.3 is 19.6 Å². The Balaban J connectivity index is 1.41. The highest BCUT2D eigenvalue weighted by molar-refractivity contribution is 6.30. The zero-order valence-corrected chi connectivity index (χ0v) is 16.0. The maximum Gasteiger partial charge on any atom is 0.241 e. The molecule has 142 valence electrons. The van der Waals surface area contributed by atoms with E-state index in [1.807, 2.05) is 30.1 Å². The lowest BCUT2D eigenvalue weighted by Gasteiger charge is -2.36. The predicted molar refractivity (Wildman–Crippen MR) is 106 cm³/mol.